The summed E-state index contributed by atoms with van der Waals surface area (Å²) in [5.74, 6) is 0.634. The molecule has 34 heavy (non-hydrogen) atoms. The molecule has 0 aliphatic carbocycles. The minimum Gasteiger partial charge on any atom is -0.493 e. The van der Waals surface area contributed by atoms with Gasteiger partial charge in [-0.3, -0.25) is 9.36 Å². The third kappa shape index (κ3) is 4.17. The average Bonchev–Trinajstić information content (AvgIpc) is 3.13. The molecule has 2 heterocycles. The number of hydrogen-bond donors (Lipinski definition) is 0. The summed E-state index contributed by atoms with van der Waals surface area (Å²) in [6, 6.07) is 12.6. The maximum Gasteiger partial charge on any atom is 0.338 e. The second-order valence-electron chi connectivity index (χ2n) is 7.80. The molecule has 4 rings (SSSR count). The van der Waals surface area contributed by atoms with Crippen molar-refractivity contribution in [1.82, 2.24) is 4.57 Å². The third-order valence-corrected chi connectivity index (χ3v) is 6.61. The molecule has 0 N–H and O–H groups in total. The molecule has 0 amide bonds. The fourth-order valence-corrected chi connectivity index (χ4v) is 5.06. The number of allylic oxidation sites excluding steroid dienone is 1. The van der Waals surface area contributed by atoms with Gasteiger partial charge in [0.2, 0.25) is 0 Å². The largest absolute Gasteiger partial charge is 0.493 e. The first-order chi connectivity index (χ1) is 16.4. The summed E-state index contributed by atoms with van der Waals surface area (Å²) < 4.78 is 18.3. The molecular formula is C26H26N2O5S. The Kier molecular flexibility index (Phi) is 6.70. The first-order valence-corrected chi connectivity index (χ1v) is 11.7. The van der Waals surface area contributed by atoms with E-state index >= 15 is 0 Å². The van der Waals surface area contributed by atoms with Crippen molar-refractivity contribution in [3.8, 4) is 11.5 Å². The van der Waals surface area contributed by atoms with Crippen molar-refractivity contribution in [3.05, 3.63) is 90.1 Å². The van der Waals surface area contributed by atoms with Crippen molar-refractivity contribution in [3.63, 3.8) is 0 Å². The number of ether oxygens (including phenoxy) is 3. The van der Waals surface area contributed by atoms with Crippen molar-refractivity contribution >= 4 is 23.4 Å². The molecule has 8 heteroatoms. The van der Waals surface area contributed by atoms with Crippen LogP contribution in [0.4, 0.5) is 0 Å². The predicted octanol–water partition coefficient (Wildman–Crippen LogP) is 3.12. The number of esters is 1. The van der Waals surface area contributed by atoms with E-state index in [1.54, 1.807) is 44.8 Å². The second-order valence-corrected chi connectivity index (χ2v) is 8.80. The van der Waals surface area contributed by atoms with E-state index in [1.165, 1.54) is 11.3 Å². The van der Waals surface area contributed by atoms with Crippen LogP contribution < -0.4 is 24.4 Å². The highest BCUT2D eigenvalue weighted by Crippen LogP contribution is 2.32. The number of carbonyl (C=O) groups excluding carboxylic acids is 1. The first-order valence-electron chi connectivity index (χ1n) is 10.9. The van der Waals surface area contributed by atoms with E-state index in [4.69, 9.17) is 14.2 Å². The summed E-state index contributed by atoms with van der Waals surface area (Å²) in [6.45, 7) is 5.75. The molecular weight excluding hydrogens is 452 g/mol. The van der Waals surface area contributed by atoms with E-state index in [-0.39, 0.29) is 12.2 Å². The Morgan fingerprint density at radius 1 is 1.12 bits per heavy atom. The Labute approximate surface area is 201 Å². The molecule has 1 atom stereocenters. The number of benzene rings is 2. The first kappa shape index (κ1) is 23.5. The zero-order chi connectivity index (χ0) is 24.4. The Morgan fingerprint density at radius 2 is 1.85 bits per heavy atom. The Morgan fingerprint density at radius 3 is 2.50 bits per heavy atom. The van der Waals surface area contributed by atoms with Gasteiger partial charge in [-0.1, -0.05) is 53.3 Å². The van der Waals surface area contributed by atoms with Crippen LogP contribution >= 0.6 is 11.3 Å². The van der Waals surface area contributed by atoms with Crippen LogP contribution in [0.2, 0.25) is 0 Å². The van der Waals surface area contributed by atoms with Crippen LogP contribution in [0.15, 0.2) is 63.5 Å². The molecule has 1 aliphatic heterocycles. The van der Waals surface area contributed by atoms with Gasteiger partial charge in [-0.05, 0) is 38.5 Å². The van der Waals surface area contributed by atoms with E-state index < -0.39 is 12.0 Å². The van der Waals surface area contributed by atoms with Gasteiger partial charge in [-0.2, -0.15) is 0 Å². The number of aromatic nitrogens is 1. The van der Waals surface area contributed by atoms with E-state index in [1.807, 2.05) is 43.3 Å². The lowest BCUT2D eigenvalue weighted by Crippen LogP contribution is -2.39. The van der Waals surface area contributed by atoms with Crippen LogP contribution in [0.5, 0.6) is 11.5 Å². The molecule has 0 saturated carbocycles. The minimum atomic E-state index is -0.634. The van der Waals surface area contributed by atoms with E-state index in [0.29, 0.717) is 37.7 Å². The monoisotopic (exact) mass is 478 g/mol. The van der Waals surface area contributed by atoms with Crippen molar-refractivity contribution < 1.29 is 19.0 Å². The van der Waals surface area contributed by atoms with E-state index in [0.717, 1.165) is 11.1 Å². The third-order valence-electron chi connectivity index (χ3n) is 5.63. The molecule has 1 aliphatic rings. The maximum absolute atomic E-state index is 13.7. The summed E-state index contributed by atoms with van der Waals surface area (Å²) in [7, 11) is 3.12. The zero-order valence-corrected chi connectivity index (χ0v) is 20.6. The minimum absolute atomic E-state index is 0.232. The molecule has 0 fully saturated rings. The highest BCUT2D eigenvalue weighted by Gasteiger charge is 2.33. The van der Waals surface area contributed by atoms with Crippen LogP contribution in [0.1, 0.15) is 36.6 Å². The number of aryl methyl sites for hydroxylation is 1. The van der Waals surface area contributed by atoms with Crippen molar-refractivity contribution in [2.24, 2.45) is 4.99 Å². The lowest BCUT2D eigenvalue weighted by Gasteiger charge is -2.24. The summed E-state index contributed by atoms with van der Waals surface area (Å²) in [5, 5.41) is 0. The molecule has 0 radical (unpaired) electrons. The molecule has 0 spiro atoms. The summed E-state index contributed by atoms with van der Waals surface area (Å²) in [4.78, 5) is 31.8. The number of methoxy groups -OCH3 is 2. The lowest BCUT2D eigenvalue weighted by molar-refractivity contribution is -0.139. The second kappa shape index (κ2) is 9.69. The number of carbonyl (C=O) groups is 1. The molecule has 1 aromatic heterocycles. The van der Waals surface area contributed by atoms with Gasteiger partial charge in [0.15, 0.2) is 16.3 Å². The fraction of sp³-hybridized carbons (Fsp3) is 0.269. The molecule has 1 unspecified atom stereocenters. The summed E-state index contributed by atoms with van der Waals surface area (Å²) >= 11 is 1.27. The fourth-order valence-electron chi connectivity index (χ4n) is 4.02. The van der Waals surface area contributed by atoms with Gasteiger partial charge < -0.3 is 14.2 Å². The van der Waals surface area contributed by atoms with Gasteiger partial charge in [0.1, 0.15) is 0 Å². The number of rotatable bonds is 6. The smallest absolute Gasteiger partial charge is 0.338 e. The predicted molar refractivity (Wildman–Crippen MR) is 131 cm³/mol. The van der Waals surface area contributed by atoms with Gasteiger partial charge >= 0.3 is 5.97 Å². The normalized spacial score (nSPS) is 15.6. The number of nitrogens with zero attached hydrogens (tertiary/aromatic N) is 2. The van der Waals surface area contributed by atoms with Gasteiger partial charge in [0.25, 0.3) is 5.56 Å². The average molecular weight is 479 g/mol. The molecule has 7 nitrogen and oxygen atoms in total. The molecule has 176 valence electrons. The highest BCUT2D eigenvalue weighted by atomic mass is 32.1. The Balaban J connectivity index is 1.97. The standard InChI is InChI=1S/C26H26N2O5S/c1-6-33-25(30)21-16(3)27-26-28(22(21)17-12-10-15(2)11-13-17)24(29)20(34-26)14-18-8-7-9-19(31-4)23(18)32-5/h7-14,22H,6H2,1-5H3/b20-14-. The molecule has 0 bridgehead atoms. The summed E-state index contributed by atoms with van der Waals surface area (Å²) in [6.07, 6.45) is 1.76. The van der Waals surface area contributed by atoms with Crippen molar-refractivity contribution in [2.75, 3.05) is 20.8 Å². The quantitative estimate of drug-likeness (QED) is 0.509. The van der Waals surface area contributed by atoms with Crippen molar-refractivity contribution in [2.45, 2.75) is 26.8 Å². The highest BCUT2D eigenvalue weighted by molar-refractivity contribution is 7.07. The van der Waals surface area contributed by atoms with Crippen LogP contribution in [0.25, 0.3) is 6.08 Å². The van der Waals surface area contributed by atoms with E-state index in [9.17, 15) is 9.59 Å². The molecule has 2 aromatic carbocycles. The maximum atomic E-state index is 13.7. The van der Waals surface area contributed by atoms with Gasteiger partial charge in [-0.15, -0.1) is 0 Å². The van der Waals surface area contributed by atoms with Crippen LogP contribution in [0.3, 0.4) is 0 Å². The van der Waals surface area contributed by atoms with Crippen LogP contribution in [-0.4, -0.2) is 31.4 Å². The number of thiazole rings is 1. The topological polar surface area (TPSA) is 79.1 Å². The SMILES string of the molecule is CCOC(=O)C1=C(C)N=c2s/c(=C\c3cccc(OC)c3OC)c(=O)n2C1c1ccc(C)cc1. The van der Waals surface area contributed by atoms with Crippen molar-refractivity contribution in [1.29, 1.82) is 0 Å². The Hall–Kier alpha value is -3.65. The molecule has 0 saturated heterocycles. The Bertz CT molecular complexity index is 1450. The summed E-state index contributed by atoms with van der Waals surface area (Å²) in [5.41, 5.74) is 3.27. The van der Waals surface area contributed by atoms with Crippen LogP contribution in [-0.2, 0) is 9.53 Å². The zero-order valence-electron chi connectivity index (χ0n) is 19.7. The van der Waals surface area contributed by atoms with Gasteiger partial charge in [-0.25, -0.2) is 9.79 Å². The van der Waals surface area contributed by atoms with Gasteiger partial charge in [0.05, 0.1) is 42.7 Å². The van der Waals surface area contributed by atoms with E-state index in [2.05, 4.69) is 4.99 Å². The van der Waals surface area contributed by atoms with Crippen LogP contribution in [0, 0.1) is 6.92 Å². The molecule has 3 aromatic rings. The number of hydrogen-bond acceptors (Lipinski definition) is 7. The number of fused-ring (bicyclic) bond motifs is 1. The lowest BCUT2D eigenvalue weighted by atomic mass is 9.95. The number of para-hydroxylation sites is 1. The van der Waals surface area contributed by atoms with Gasteiger partial charge in [0, 0.05) is 5.56 Å².